The summed E-state index contributed by atoms with van der Waals surface area (Å²) in [7, 11) is 0. The SMILES string of the molecule is CCOc1ccccc1C=C1C(=O)Nc2cc(-c3cccc(C#N)c3)ccc21. The molecule has 1 aliphatic heterocycles. The summed E-state index contributed by atoms with van der Waals surface area (Å²) in [5.41, 5.74) is 5.60. The number of fused-ring (bicyclic) bond motifs is 1. The third-order valence-electron chi connectivity index (χ3n) is 4.65. The molecule has 0 aliphatic carbocycles. The van der Waals surface area contributed by atoms with Gasteiger partial charge in [-0.05, 0) is 48.4 Å². The molecule has 0 spiro atoms. The average molecular weight is 366 g/mol. The van der Waals surface area contributed by atoms with Crippen LogP contribution in [0.5, 0.6) is 5.75 Å². The second-order valence-electron chi connectivity index (χ2n) is 6.44. The Labute approximate surface area is 163 Å². The van der Waals surface area contributed by atoms with Gasteiger partial charge in [-0.15, -0.1) is 0 Å². The fourth-order valence-electron chi connectivity index (χ4n) is 3.33. The molecule has 4 nitrogen and oxygen atoms in total. The highest BCUT2D eigenvalue weighted by Gasteiger charge is 2.24. The zero-order chi connectivity index (χ0) is 19.5. The van der Waals surface area contributed by atoms with E-state index < -0.39 is 0 Å². The van der Waals surface area contributed by atoms with Crippen LogP contribution in [0.1, 0.15) is 23.6 Å². The highest BCUT2D eigenvalue weighted by molar-refractivity contribution is 6.35. The summed E-state index contributed by atoms with van der Waals surface area (Å²) in [5.74, 6) is 0.618. The molecule has 1 amide bonds. The summed E-state index contributed by atoms with van der Waals surface area (Å²) in [6.45, 7) is 2.50. The van der Waals surface area contributed by atoms with E-state index in [1.54, 1.807) is 6.07 Å². The number of nitriles is 1. The summed E-state index contributed by atoms with van der Waals surface area (Å²) in [4.78, 5) is 12.6. The van der Waals surface area contributed by atoms with Crippen molar-refractivity contribution in [1.82, 2.24) is 0 Å². The lowest BCUT2D eigenvalue weighted by molar-refractivity contribution is -0.110. The molecule has 0 atom stereocenters. The van der Waals surface area contributed by atoms with Crippen molar-refractivity contribution in [3.63, 3.8) is 0 Å². The van der Waals surface area contributed by atoms with Gasteiger partial charge >= 0.3 is 0 Å². The Balaban J connectivity index is 1.74. The molecule has 4 rings (SSSR count). The molecule has 1 N–H and O–H groups in total. The van der Waals surface area contributed by atoms with Crippen molar-refractivity contribution < 1.29 is 9.53 Å². The quantitative estimate of drug-likeness (QED) is 0.652. The van der Waals surface area contributed by atoms with Crippen molar-refractivity contribution in [3.05, 3.63) is 83.4 Å². The Morgan fingerprint density at radius 1 is 1.04 bits per heavy atom. The van der Waals surface area contributed by atoms with Crippen molar-refractivity contribution in [3.8, 4) is 22.9 Å². The van der Waals surface area contributed by atoms with E-state index in [4.69, 9.17) is 10.00 Å². The van der Waals surface area contributed by atoms with Crippen LogP contribution in [-0.2, 0) is 4.79 Å². The number of rotatable bonds is 4. The summed E-state index contributed by atoms with van der Waals surface area (Å²) in [6, 6.07) is 23.1. The second kappa shape index (κ2) is 7.42. The van der Waals surface area contributed by atoms with E-state index in [0.717, 1.165) is 33.7 Å². The fraction of sp³-hybridized carbons (Fsp3) is 0.0833. The molecule has 0 saturated carbocycles. The lowest BCUT2D eigenvalue weighted by atomic mass is 9.98. The minimum absolute atomic E-state index is 0.135. The van der Waals surface area contributed by atoms with Gasteiger partial charge in [-0.1, -0.05) is 42.5 Å². The van der Waals surface area contributed by atoms with E-state index in [1.165, 1.54) is 0 Å². The summed E-state index contributed by atoms with van der Waals surface area (Å²) < 4.78 is 5.67. The van der Waals surface area contributed by atoms with Gasteiger partial charge in [0.05, 0.1) is 18.2 Å². The third-order valence-corrected chi connectivity index (χ3v) is 4.65. The van der Waals surface area contributed by atoms with Crippen LogP contribution in [0.4, 0.5) is 5.69 Å². The van der Waals surface area contributed by atoms with Crippen LogP contribution in [0.15, 0.2) is 66.7 Å². The highest BCUT2D eigenvalue weighted by atomic mass is 16.5. The maximum Gasteiger partial charge on any atom is 0.256 e. The number of carbonyl (C=O) groups is 1. The van der Waals surface area contributed by atoms with Crippen LogP contribution in [0.3, 0.4) is 0 Å². The molecule has 0 radical (unpaired) electrons. The Hall–Kier alpha value is -3.84. The largest absolute Gasteiger partial charge is 0.493 e. The molecule has 0 aromatic heterocycles. The molecule has 1 heterocycles. The average Bonchev–Trinajstić information content (AvgIpc) is 3.04. The van der Waals surface area contributed by atoms with E-state index in [9.17, 15) is 4.79 Å². The molecule has 0 bridgehead atoms. The van der Waals surface area contributed by atoms with Gasteiger partial charge < -0.3 is 10.1 Å². The smallest absolute Gasteiger partial charge is 0.256 e. The van der Waals surface area contributed by atoms with Crippen molar-refractivity contribution >= 4 is 23.2 Å². The number of anilines is 1. The number of amides is 1. The monoisotopic (exact) mass is 366 g/mol. The van der Waals surface area contributed by atoms with Crippen molar-refractivity contribution in [2.75, 3.05) is 11.9 Å². The first kappa shape index (κ1) is 17.6. The maximum atomic E-state index is 12.6. The summed E-state index contributed by atoms with van der Waals surface area (Å²) in [6.07, 6.45) is 1.86. The zero-order valence-corrected chi connectivity index (χ0v) is 15.4. The highest BCUT2D eigenvalue weighted by Crippen LogP contribution is 2.37. The lowest BCUT2D eigenvalue weighted by Crippen LogP contribution is -2.03. The normalized spacial score (nSPS) is 13.7. The van der Waals surface area contributed by atoms with Crippen LogP contribution < -0.4 is 10.1 Å². The third kappa shape index (κ3) is 3.26. The van der Waals surface area contributed by atoms with E-state index in [0.29, 0.717) is 17.7 Å². The summed E-state index contributed by atoms with van der Waals surface area (Å²) >= 11 is 0. The topological polar surface area (TPSA) is 62.1 Å². The molecule has 0 fully saturated rings. The second-order valence-corrected chi connectivity index (χ2v) is 6.44. The number of para-hydroxylation sites is 1. The molecule has 136 valence electrons. The Morgan fingerprint density at radius 3 is 2.68 bits per heavy atom. The van der Waals surface area contributed by atoms with Crippen LogP contribution in [0.25, 0.3) is 22.8 Å². The minimum Gasteiger partial charge on any atom is -0.493 e. The van der Waals surface area contributed by atoms with Gasteiger partial charge in [0.25, 0.3) is 5.91 Å². The predicted molar refractivity (Wildman–Crippen MR) is 111 cm³/mol. The molecular weight excluding hydrogens is 348 g/mol. The predicted octanol–water partition coefficient (Wildman–Crippen LogP) is 5.12. The Kier molecular flexibility index (Phi) is 4.65. The number of nitrogens with zero attached hydrogens (tertiary/aromatic N) is 1. The molecular formula is C24H18N2O2. The van der Waals surface area contributed by atoms with E-state index >= 15 is 0 Å². The first-order valence-corrected chi connectivity index (χ1v) is 9.09. The van der Waals surface area contributed by atoms with Crippen molar-refractivity contribution in [1.29, 1.82) is 5.26 Å². The van der Waals surface area contributed by atoms with Crippen LogP contribution >= 0.6 is 0 Å². The number of benzene rings is 3. The van der Waals surface area contributed by atoms with E-state index in [2.05, 4.69) is 11.4 Å². The van der Waals surface area contributed by atoms with Crippen molar-refractivity contribution in [2.45, 2.75) is 6.92 Å². The van der Waals surface area contributed by atoms with Gasteiger partial charge in [-0.2, -0.15) is 5.26 Å². The minimum atomic E-state index is -0.135. The Morgan fingerprint density at radius 2 is 1.86 bits per heavy atom. The first-order valence-electron chi connectivity index (χ1n) is 9.09. The lowest BCUT2D eigenvalue weighted by Gasteiger charge is -2.08. The van der Waals surface area contributed by atoms with Crippen molar-refractivity contribution in [2.24, 2.45) is 0 Å². The van der Waals surface area contributed by atoms with Crippen LogP contribution in [0.2, 0.25) is 0 Å². The van der Waals surface area contributed by atoms with E-state index in [1.807, 2.05) is 73.7 Å². The first-order chi connectivity index (χ1) is 13.7. The van der Waals surface area contributed by atoms with Crippen LogP contribution in [0, 0.1) is 11.3 Å². The molecule has 0 unspecified atom stereocenters. The Bertz CT molecular complexity index is 1140. The molecule has 0 saturated heterocycles. The zero-order valence-electron chi connectivity index (χ0n) is 15.4. The molecule has 3 aromatic carbocycles. The van der Waals surface area contributed by atoms with Gasteiger partial charge in [-0.3, -0.25) is 4.79 Å². The summed E-state index contributed by atoms with van der Waals surface area (Å²) in [5, 5.41) is 12.1. The van der Waals surface area contributed by atoms with Gasteiger partial charge in [-0.25, -0.2) is 0 Å². The molecule has 28 heavy (non-hydrogen) atoms. The number of carbonyl (C=O) groups excluding carboxylic acids is 1. The van der Waals surface area contributed by atoms with Crippen LogP contribution in [-0.4, -0.2) is 12.5 Å². The molecule has 3 aromatic rings. The fourth-order valence-corrected chi connectivity index (χ4v) is 3.33. The number of hydrogen-bond acceptors (Lipinski definition) is 3. The van der Waals surface area contributed by atoms with Gasteiger partial charge in [0.1, 0.15) is 5.75 Å². The number of ether oxygens (including phenoxy) is 1. The van der Waals surface area contributed by atoms with Gasteiger partial charge in [0, 0.05) is 22.4 Å². The van der Waals surface area contributed by atoms with Gasteiger partial charge in [0.15, 0.2) is 0 Å². The maximum absolute atomic E-state index is 12.6. The number of nitrogens with one attached hydrogen (secondary N) is 1. The molecule has 1 aliphatic rings. The molecule has 4 heteroatoms. The van der Waals surface area contributed by atoms with E-state index in [-0.39, 0.29) is 5.91 Å². The van der Waals surface area contributed by atoms with Gasteiger partial charge in [0.2, 0.25) is 0 Å². The standard InChI is InChI=1S/C24H18N2O2/c1-2-28-23-9-4-3-7-19(23)13-21-20-11-10-18(14-22(20)26-24(21)27)17-8-5-6-16(12-17)15-25/h3-14H,2H2,1H3,(H,26,27). The number of hydrogen-bond donors (Lipinski definition) is 1.